The molecule has 2 rings (SSSR count). The van der Waals surface area contributed by atoms with Gasteiger partial charge in [0.1, 0.15) is 11.8 Å². The number of hydrogen-bond acceptors (Lipinski definition) is 4. The van der Waals surface area contributed by atoms with Gasteiger partial charge in [-0.3, -0.25) is 4.90 Å². The zero-order chi connectivity index (χ0) is 13.7. The third kappa shape index (κ3) is 3.52. The summed E-state index contributed by atoms with van der Waals surface area (Å²) in [5.41, 5.74) is 7.53. The van der Waals surface area contributed by atoms with E-state index in [1.54, 1.807) is 6.20 Å². The third-order valence-corrected chi connectivity index (χ3v) is 4.11. The van der Waals surface area contributed by atoms with Crippen molar-refractivity contribution in [1.82, 2.24) is 9.88 Å². The van der Waals surface area contributed by atoms with E-state index in [9.17, 15) is 0 Å². The fourth-order valence-electron chi connectivity index (χ4n) is 3.08. The fraction of sp³-hybridized carbons (Fsp3) is 0.600. The Morgan fingerprint density at radius 3 is 3.00 bits per heavy atom. The lowest BCUT2D eigenvalue weighted by Gasteiger charge is -2.37. The van der Waals surface area contributed by atoms with Gasteiger partial charge in [0.15, 0.2) is 0 Å². The first kappa shape index (κ1) is 14.0. The molecule has 1 aliphatic carbocycles. The second-order valence-corrected chi connectivity index (χ2v) is 5.42. The van der Waals surface area contributed by atoms with Crippen molar-refractivity contribution in [3.8, 4) is 6.07 Å². The largest absolute Gasteiger partial charge is 0.330 e. The van der Waals surface area contributed by atoms with Gasteiger partial charge < -0.3 is 5.73 Å². The van der Waals surface area contributed by atoms with Gasteiger partial charge in [-0.15, -0.1) is 0 Å². The summed E-state index contributed by atoms with van der Waals surface area (Å²) in [5, 5.41) is 8.88. The molecule has 19 heavy (non-hydrogen) atoms. The van der Waals surface area contributed by atoms with E-state index in [2.05, 4.69) is 23.0 Å². The van der Waals surface area contributed by atoms with Crippen LogP contribution >= 0.6 is 0 Å². The Hall–Kier alpha value is -1.44. The summed E-state index contributed by atoms with van der Waals surface area (Å²) in [5.74, 6) is 0.607. The summed E-state index contributed by atoms with van der Waals surface area (Å²) in [6.45, 7) is 1.63. The Labute approximate surface area is 115 Å². The quantitative estimate of drug-likeness (QED) is 0.895. The highest BCUT2D eigenvalue weighted by Gasteiger charge is 2.27. The molecule has 2 unspecified atom stereocenters. The molecule has 0 radical (unpaired) electrons. The number of pyridine rings is 1. The molecule has 2 atom stereocenters. The average molecular weight is 258 g/mol. The maximum Gasteiger partial charge on any atom is 0.140 e. The van der Waals surface area contributed by atoms with Crippen molar-refractivity contribution in [2.24, 2.45) is 11.7 Å². The fourth-order valence-corrected chi connectivity index (χ4v) is 3.08. The van der Waals surface area contributed by atoms with Crippen molar-refractivity contribution in [2.45, 2.75) is 38.3 Å². The molecular weight excluding hydrogens is 236 g/mol. The van der Waals surface area contributed by atoms with Crippen LogP contribution in [-0.4, -0.2) is 29.5 Å². The minimum atomic E-state index is 0.491. The molecular formula is C15H22N4. The molecule has 0 spiro atoms. The first-order chi connectivity index (χ1) is 9.24. The van der Waals surface area contributed by atoms with Gasteiger partial charge in [0.25, 0.3) is 0 Å². The van der Waals surface area contributed by atoms with Crippen LogP contribution in [0.15, 0.2) is 18.3 Å². The summed E-state index contributed by atoms with van der Waals surface area (Å²) < 4.78 is 0. The molecule has 102 valence electrons. The molecule has 4 heteroatoms. The highest BCUT2D eigenvalue weighted by molar-refractivity contribution is 5.25. The monoisotopic (exact) mass is 258 g/mol. The van der Waals surface area contributed by atoms with Crippen molar-refractivity contribution < 1.29 is 0 Å². The molecule has 4 nitrogen and oxygen atoms in total. The van der Waals surface area contributed by atoms with Crippen LogP contribution in [0, 0.1) is 17.2 Å². The van der Waals surface area contributed by atoms with Gasteiger partial charge in [0, 0.05) is 18.8 Å². The molecule has 0 aliphatic heterocycles. The van der Waals surface area contributed by atoms with Crippen LogP contribution in [0.2, 0.25) is 0 Å². The highest BCUT2D eigenvalue weighted by Crippen LogP contribution is 2.27. The smallest absolute Gasteiger partial charge is 0.140 e. The summed E-state index contributed by atoms with van der Waals surface area (Å²) in [6, 6.07) is 6.51. The maximum atomic E-state index is 8.88. The van der Waals surface area contributed by atoms with E-state index < -0.39 is 0 Å². The summed E-state index contributed by atoms with van der Waals surface area (Å²) in [7, 11) is 2.16. The van der Waals surface area contributed by atoms with Gasteiger partial charge in [-0.1, -0.05) is 12.8 Å². The molecule has 0 amide bonds. The SMILES string of the molecule is CN(Cc1ccnc(C#N)c1)C1CCCCC1CN. The second-order valence-electron chi connectivity index (χ2n) is 5.42. The summed E-state index contributed by atoms with van der Waals surface area (Å²) in [4.78, 5) is 6.39. The van der Waals surface area contributed by atoms with Crippen LogP contribution < -0.4 is 5.73 Å². The lowest BCUT2D eigenvalue weighted by Crippen LogP contribution is -2.42. The standard InChI is InChI=1S/C15H22N4/c1-19(15-5-3-2-4-13(15)9-16)11-12-6-7-18-14(8-12)10-17/h6-8,13,15H,2-5,9,11,16H2,1H3. The normalized spacial score (nSPS) is 23.3. The zero-order valence-corrected chi connectivity index (χ0v) is 11.5. The van der Waals surface area contributed by atoms with Crippen molar-refractivity contribution in [2.75, 3.05) is 13.6 Å². The number of nitrogens with zero attached hydrogens (tertiary/aromatic N) is 3. The zero-order valence-electron chi connectivity index (χ0n) is 11.5. The first-order valence-corrected chi connectivity index (χ1v) is 7.00. The maximum absolute atomic E-state index is 8.88. The first-order valence-electron chi connectivity index (χ1n) is 7.00. The second kappa shape index (κ2) is 6.65. The van der Waals surface area contributed by atoms with Crippen LogP contribution in [0.1, 0.15) is 36.9 Å². The average Bonchev–Trinajstić information content (AvgIpc) is 2.47. The molecule has 0 bridgehead atoms. The molecule has 2 N–H and O–H groups in total. The molecule has 0 aromatic carbocycles. The Morgan fingerprint density at radius 2 is 2.26 bits per heavy atom. The van der Waals surface area contributed by atoms with Gasteiger partial charge in [-0.2, -0.15) is 5.26 Å². The molecule has 1 heterocycles. The van der Waals surface area contributed by atoms with Crippen LogP contribution in [-0.2, 0) is 6.54 Å². The Bertz CT molecular complexity index is 452. The number of nitriles is 1. The minimum absolute atomic E-state index is 0.491. The molecule has 1 saturated carbocycles. The third-order valence-electron chi connectivity index (χ3n) is 4.11. The van der Waals surface area contributed by atoms with Crippen molar-refractivity contribution in [3.05, 3.63) is 29.6 Å². The van der Waals surface area contributed by atoms with Crippen molar-refractivity contribution in [1.29, 1.82) is 5.26 Å². The van der Waals surface area contributed by atoms with E-state index in [1.807, 2.05) is 12.1 Å². The molecule has 1 aliphatic rings. The Morgan fingerprint density at radius 1 is 1.47 bits per heavy atom. The molecule has 1 aromatic heterocycles. The highest BCUT2D eigenvalue weighted by atomic mass is 15.1. The Balaban J connectivity index is 2.03. The molecule has 1 aromatic rings. The van der Waals surface area contributed by atoms with Gasteiger partial charge in [0.05, 0.1) is 0 Å². The van der Waals surface area contributed by atoms with Crippen LogP contribution in [0.5, 0.6) is 0 Å². The van der Waals surface area contributed by atoms with Crippen molar-refractivity contribution >= 4 is 0 Å². The number of aromatic nitrogens is 1. The predicted octanol–water partition coefficient (Wildman–Crippen LogP) is 1.90. The molecule has 1 fully saturated rings. The lowest BCUT2D eigenvalue weighted by atomic mass is 9.83. The van der Waals surface area contributed by atoms with Crippen LogP contribution in [0.3, 0.4) is 0 Å². The van der Waals surface area contributed by atoms with E-state index in [0.29, 0.717) is 17.7 Å². The topological polar surface area (TPSA) is 65.9 Å². The van der Waals surface area contributed by atoms with Gasteiger partial charge in [0.2, 0.25) is 0 Å². The number of rotatable bonds is 4. The van der Waals surface area contributed by atoms with Gasteiger partial charge >= 0.3 is 0 Å². The van der Waals surface area contributed by atoms with Gasteiger partial charge in [-0.05, 0) is 50.0 Å². The Kier molecular flexibility index (Phi) is 4.89. The van der Waals surface area contributed by atoms with E-state index >= 15 is 0 Å². The van der Waals surface area contributed by atoms with E-state index in [0.717, 1.165) is 18.7 Å². The summed E-state index contributed by atoms with van der Waals surface area (Å²) in [6.07, 6.45) is 6.79. The summed E-state index contributed by atoms with van der Waals surface area (Å²) >= 11 is 0. The van der Waals surface area contributed by atoms with E-state index in [1.165, 1.54) is 25.7 Å². The number of nitrogens with two attached hydrogens (primary N) is 1. The predicted molar refractivity (Wildman–Crippen MR) is 75.2 cm³/mol. The molecule has 0 saturated heterocycles. The van der Waals surface area contributed by atoms with Gasteiger partial charge in [-0.25, -0.2) is 4.98 Å². The lowest BCUT2D eigenvalue weighted by molar-refractivity contribution is 0.127. The van der Waals surface area contributed by atoms with Crippen molar-refractivity contribution in [3.63, 3.8) is 0 Å². The minimum Gasteiger partial charge on any atom is -0.330 e. The number of hydrogen-bond donors (Lipinski definition) is 1. The van der Waals surface area contributed by atoms with Crippen LogP contribution in [0.4, 0.5) is 0 Å². The van der Waals surface area contributed by atoms with E-state index in [-0.39, 0.29) is 0 Å². The van der Waals surface area contributed by atoms with Crippen LogP contribution in [0.25, 0.3) is 0 Å². The van der Waals surface area contributed by atoms with E-state index in [4.69, 9.17) is 11.0 Å².